The van der Waals surface area contributed by atoms with Gasteiger partial charge in [0.05, 0.1) is 0 Å². The first-order valence-electron chi connectivity index (χ1n) is 5.53. The summed E-state index contributed by atoms with van der Waals surface area (Å²) in [7, 11) is 0. The Morgan fingerprint density at radius 3 is 2.75 bits per heavy atom. The van der Waals surface area contributed by atoms with Crippen LogP contribution in [-0.2, 0) is 9.53 Å². The van der Waals surface area contributed by atoms with Gasteiger partial charge in [-0.15, -0.1) is 0 Å². The molecule has 0 aromatic heterocycles. The molecule has 1 heterocycles. The van der Waals surface area contributed by atoms with E-state index in [1.54, 1.807) is 4.90 Å². The van der Waals surface area contributed by atoms with Crippen molar-refractivity contribution in [2.45, 2.75) is 45.3 Å². The molecule has 1 saturated heterocycles. The normalized spacial score (nSPS) is 21.4. The van der Waals surface area contributed by atoms with Gasteiger partial charge in [0.2, 0.25) is 0 Å². The molecule has 0 spiro atoms. The Bertz CT molecular complexity index is 260. The van der Waals surface area contributed by atoms with Gasteiger partial charge in [0.1, 0.15) is 5.60 Å². The van der Waals surface area contributed by atoms with Crippen molar-refractivity contribution in [3.05, 3.63) is 0 Å². The minimum absolute atomic E-state index is 0.0231. The number of piperidine rings is 1. The van der Waals surface area contributed by atoms with Gasteiger partial charge in [0, 0.05) is 19.1 Å². The number of nitrogens with zero attached hydrogens (tertiary/aromatic N) is 1. The second-order valence-electron chi connectivity index (χ2n) is 5.02. The molecule has 1 N–H and O–H groups in total. The van der Waals surface area contributed by atoms with E-state index in [0.29, 0.717) is 6.54 Å². The van der Waals surface area contributed by atoms with Crippen molar-refractivity contribution in [3.8, 4) is 0 Å². The van der Waals surface area contributed by atoms with Crippen LogP contribution in [0.1, 0.15) is 33.6 Å². The van der Waals surface area contributed by atoms with Crippen molar-refractivity contribution < 1.29 is 14.3 Å². The predicted molar refractivity (Wildman–Crippen MR) is 59.7 cm³/mol. The van der Waals surface area contributed by atoms with Gasteiger partial charge >= 0.3 is 12.5 Å². The summed E-state index contributed by atoms with van der Waals surface area (Å²) in [5, 5.41) is 2.76. The average Bonchev–Trinajstić information content (AvgIpc) is 2.15. The van der Waals surface area contributed by atoms with E-state index in [1.165, 1.54) is 0 Å². The summed E-state index contributed by atoms with van der Waals surface area (Å²) in [6.45, 7) is 6.69. The quantitative estimate of drug-likeness (QED) is 0.767. The molecule has 0 saturated carbocycles. The van der Waals surface area contributed by atoms with Crippen LogP contribution in [0.3, 0.4) is 0 Å². The molecule has 16 heavy (non-hydrogen) atoms. The van der Waals surface area contributed by atoms with E-state index in [2.05, 4.69) is 5.32 Å². The Morgan fingerprint density at radius 1 is 1.50 bits per heavy atom. The standard InChI is InChI=1S/C11H19N2O3/c1-11(2,3)16-10(15)12-9-5-4-6-13(7-9)8-14/h9H,4-7H2,1-3H3,(H,12,15). The van der Waals surface area contributed by atoms with Gasteiger partial charge < -0.3 is 15.0 Å². The zero-order chi connectivity index (χ0) is 12.2. The summed E-state index contributed by atoms with van der Waals surface area (Å²) in [5.74, 6) is 0. The Labute approximate surface area is 96.1 Å². The number of hydrogen-bond donors (Lipinski definition) is 1. The highest BCUT2D eigenvalue weighted by Crippen LogP contribution is 2.10. The number of carbonyl (C=O) groups is 1. The molecule has 5 nitrogen and oxygen atoms in total. The van der Waals surface area contributed by atoms with Crippen LogP contribution in [0.25, 0.3) is 0 Å². The first kappa shape index (κ1) is 12.8. The van der Waals surface area contributed by atoms with Crippen LogP contribution in [0.15, 0.2) is 0 Å². The van der Waals surface area contributed by atoms with Gasteiger partial charge in [0.15, 0.2) is 0 Å². The van der Waals surface area contributed by atoms with E-state index in [4.69, 9.17) is 4.74 Å². The number of hydrogen-bond acceptors (Lipinski definition) is 3. The van der Waals surface area contributed by atoms with Crippen LogP contribution in [-0.4, -0.2) is 42.1 Å². The number of nitrogens with one attached hydrogen (secondary N) is 1. The van der Waals surface area contributed by atoms with E-state index in [9.17, 15) is 9.59 Å². The molecule has 0 aromatic rings. The van der Waals surface area contributed by atoms with Crippen molar-refractivity contribution in [1.29, 1.82) is 0 Å². The lowest BCUT2D eigenvalue weighted by Crippen LogP contribution is -2.48. The summed E-state index contributed by atoms with van der Waals surface area (Å²) >= 11 is 0. The largest absolute Gasteiger partial charge is 0.444 e. The van der Waals surface area contributed by atoms with Gasteiger partial charge in [-0.1, -0.05) is 0 Å². The molecule has 5 heteroatoms. The summed E-state index contributed by atoms with van der Waals surface area (Å²) in [6, 6.07) is -0.0231. The molecule has 1 rings (SSSR count). The zero-order valence-corrected chi connectivity index (χ0v) is 10.1. The van der Waals surface area contributed by atoms with E-state index < -0.39 is 11.7 Å². The molecular weight excluding hydrogens is 208 g/mol. The topological polar surface area (TPSA) is 58.6 Å². The van der Waals surface area contributed by atoms with Crippen molar-refractivity contribution in [3.63, 3.8) is 0 Å². The van der Waals surface area contributed by atoms with Gasteiger partial charge in [0.25, 0.3) is 0 Å². The molecule has 1 atom stereocenters. The molecule has 91 valence electrons. The van der Waals surface area contributed by atoms with Crippen molar-refractivity contribution in [2.24, 2.45) is 0 Å². The number of likely N-dealkylation sites (tertiary alicyclic amines) is 1. The van der Waals surface area contributed by atoms with Gasteiger partial charge in [-0.2, -0.15) is 0 Å². The van der Waals surface area contributed by atoms with Crippen molar-refractivity contribution >= 4 is 12.5 Å². The third-order valence-electron chi connectivity index (χ3n) is 2.27. The maximum Gasteiger partial charge on any atom is 0.407 e. The highest BCUT2D eigenvalue weighted by molar-refractivity contribution is 5.68. The highest BCUT2D eigenvalue weighted by atomic mass is 16.6. The molecule has 1 aliphatic rings. The second kappa shape index (κ2) is 5.18. The number of ether oxygens (including phenoxy) is 1. The average molecular weight is 227 g/mol. The SMILES string of the molecule is CC(C)(C)OC(=O)NC1CCCN([C]=O)C1. The van der Waals surface area contributed by atoms with Crippen LogP contribution in [0.2, 0.25) is 0 Å². The molecule has 1 fully saturated rings. The first-order valence-corrected chi connectivity index (χ1v) is 5.53. The summed E-state index contributed by atoms with van der Waals surface area (Å²) in [6.07, 6.45) is 3.18. The molecule has 1 unspecified atom stereocenters. The Hall–Kier alpha value is -1.26. The van der Waals surface area contributed by atoms with Gasteiger partial charge in [-0.05, 0) is 33.6 Å². The molecular formula is C11H19N2O3. The molecule has 0 aliphatic carbocycles. The Balaban J connectivity index is 2.36. The maximum absolute atomic E-state index is 11.5. The fourth-order valence-corrected chi connectivity index (χ4v) is 1.65. The monoisotopic (exact) mass is 227 g/mol. The Morgan fingerprint density at radius 2 is 2.19 bits per heavy atom. The second-order valence-corrected chi connectivity index (χ2v) is 5.02. The van der Waals surface area contributed by atoms with E-state index in [0.717, 1.165) is 19.4 Å². The van der Waals surface area contributed by atoms with E-state index >= 15 is 0 Å². The van der Waals surface area contributed by atoms with E-state index in [-0.39, 0.29) is 6.04 Å². The molecule has 0 bridgehead atoms. The lowest BCUT2D eigenvalue weighted by atomic mass is 10.1. The van der Waals surface area contributed by atoms with Crippen LogP contribution < -0.4 is 5.32 Å². The number of amides is 2. The van der Waals surface area contributed by atoms with E-state index in [1.807, 2.05) is 27.2 Å². The maximum atomic E-state index is 11.5. The summed E-state index contributed by atoms with van der Waals surface area (Å²) < 4.78 is 5.14. The van der Waals surface area contributed by atoms with Crippen LogP contribution in [0.5, 0.6) is 0 Å². The lowest BCUT2D eigenvalue weighted by Gasteiger charge is -2.30. The number of alkyl carbamates (subject to hydrolysis) is 1. The van der Waals surface area contributed by atoms with Crippen LogP contribution in [0, 0.1) is 0 Å². The van der Waals surface area contributed by atoms with Gasteiger partial charge in [-0.3, -0.25) is 4.79 Å². The molecule has 0 aromatic carbocycles. The summed E-state index contributed by atoms with van der Waals surface area (Å²) in [4.78, 5) is 23.5. The third kappa shape index (κ3) is 4.51. The summed E-state index contributed by atoms with van der Waals surface area (Å²) in [5.41, 5.74) is -0.491. The van der Waals surface area contributed by atoms with Crippen LogP contribution >= 0.6 is 0 Å². The fraction of sp³-hybridized carbons (Fsp3) is 0.818. The highest BCUT2D eigenvalue weighted by Gasteiger charge is 2.23. The minimum Gasteiger partial charge on any atom is -0.444 e. The smallest absolute Gasteiger partial charge is 0.407 e. The predicted octanol–water partition coefficient (Wildman–Crippen LogP) is 1.04. The zero-order valence-electron chi connectivity index (χ0n) is 10.1. The minimum atomic E-state index is -0.491. The van der Waals surface area contributed by atoms with Gasteiger partial charge in [-0.25, -0.2) is 4.79 Å². The third-order valence-corrected chi connectivity index (χ3v) is 2.27. The van der Waals surface area contributed by atoms with Crippen molar-refractivity contribution in [1.82, 2.24) is 10.2 Å². The Kier molecular flexibility index (Phi) is 4.15. The van der Waals surface area contributed by atoms with Crippen molar-refractivity contribution in [2.75, 3.05) is 13.1 Å². The molecule has 2 amide bonds. The fourth-order valence-electron chi connectivity index (χ4n) is 1.65. The first-order chi connectivity index (χ1) is 7.40. The lowest BCUT2D eigenvalue weighted by molar-refractivity contribution is 0.0485. The van der Waals surface area contributed by atoms with Crippen LogP contribution in [0.4, 0.5) is 4.79 Å². The number of rotatable bonds is 2. The molecule has 1 aliphatic heterocycles. The molecule has 1 radical (unpaired) electrons. The number of carbonyl (C=O) groups excluding carboxylic acids is 2.